The lowest BCUT2D eigenvalue weighted by Gasteiger charge is -2.42. The van der Waals surface area contributed by atoms with Gasteiger partial charge in [-0.25, -0.2) is 0 Å². The van der Waals surface area contributed by atoms with Crippen LogP contribution < -0.4 is 0 Å². The fourth-order valence-electron chi connectivity index (χ4n) is 7.44. The second kappa shape index (κ2) is 15.5. The standard InChI is InChI=1S/C39H50O4Si/c1-5-39(43-44(6-2,7-3)8-4)35-24-25-36(39)38(42-28-33-22-16-11-17-23-33)37(35)34(29-40-26-31-18-12-9-13-19-31)30-41-27-32-20-14-10-15-21-32/h5,9-23,35-36,38H,1,6-8,24-30H2,2-4H3/t35-,36+,38-,39-/m0/s1. The number of hydrogen-bond donors (Lipinski definition) is 0. The van der Waals surface area contributed by atoms with Gasteiger partial charge >= 0.3 is 0 Å². The summed E-state index contributed by atoms with van der Waals surface area (Å²) in [6, 6.07) is 34.6. The number of fused-ring (bicyclic) bond motifs is 2. The molecule has 0 amide bonds. The predicted molar refractivity (Wildman–Crippen MR) is 182 cm³/mol. The Hall–Kier alpha value is -2.80. The molecule has 234 valence electrons. The Morgan fingerprint density at radius 2 is 1.20 bits per heavy atom. The van der Waals surface area contributed by atoms with E-state index >= 15 is 0 Å². The van der Waals surface area contributed by atoms with E-state index in [0.29, 0.717) is 33.0 Å². The summed E-state index contributed by atoms with van der Waals surface area (Å²) in [6.07, 6.45) is 4.22. The van der Waals surface area contributed by atoms with Gasteiger partial charge in [0.15, 0.2) is 8.32 Å². The Morgan fingerprint density at radius 1 is 0.727 bits per heavy atom. The van der Waals surface area contributed by atoms with Crippen molar-refractivity contribution in [3.8, 4) is 0 Å². The van der Waals surface area contributed by atoms with Gasteiger partial charge in [0.1, 0.15) is 0 Å². The molecular weight excluding hydrogens is 561 g/mol. The summed E-state index contributed by atoms with van der Waals surface area (Å²) in [4.78, 5) is 0. The first-order valence-electron chi connectivity index (χ1n) is 16.5. The Kier molecular flexibility index (Phi) is 11.5. The second-order valence-electron chi connectivity index (χ2n) is 12.4. The highest BCUT2D eigenvalue weighted by Crippen LogP contribution is 2.60. The first-order chi connectivity index (χ1) is 21.6. The lowest BCUT2D eigenvalue weighted by Crippen LogP contribution is -2.49. The van der Waals surface area contributed by atoms with Gasteiger partial charge in [0.05, 0.1) is 44.7 Å². The summed E-state index contributed by atoms with van der Waals surface area (Å²) < 4.78 is 27.3. The van der Waals surface area contributed by atoms with Crippen molar-refractivity contribution >= 4 is 8.32 Å². The lowest BCUT2D eigenvalue weighted by molar-refractivity contribution is -0.0124. The largest absolute Gasteiger partial charge is 0.407 e. The maximum Gasteiger partial charge on any atom is 0.193 e. The lowest BCUT2D eigenvalue weighted by atomic mass is 9.87. The summed E-state index contributed by atoms with van der Waals surface area (Å²) in [6.45, 7) is 14.1. The van der Waals surface area contributed by atoms with Crippen LogP contribution in [0, 0.1) is 11.8 Å². The van der Waals surface area contributed by atoms with Crippen LogP contribution in [0.4, 0.5) is 0 Å². The monoisotopic (exact) mass is 610 g/mol. The van der Waals surface area contributed by atoms with Gasteiger partial charge in [0.25, 0.3) is 0 Å². The van der Waals surface area contributed by atoms with Crippen LogP contribution in [0.2, 0.25) is 18.1 Å². The van der Waals surface area contributed by atoms with Crippen LogP contribution in [-0.4, -0.2) is 33.2 Å². The molecule has 0 N–H and O–H groups in total. The number of hydrogen-bond acceptors (Lipinski definition) is 4. The van der Waals surface area contributed by atoms with Gasteiger partial charge in [0, 0.05) is 11.8 Å². The average Bonchev–Trinajstić information content (AvgIpc) is 3.56. The van der Waals surface area contributed by atoms with Crippen LogP contribution in [0.5, 0.6) is 0 Å². The molecule has 5 rings (SSSR count). The molecule has 4 atom stereocenters. The predicted octanol–water partition coefficient (Wildman–Crippen LogP) is 9.29. The second-order valence-corrected chi connectivity index (χ2v) is 17.1. The third-order valence-corrected chi connectivity index (χ3v) is 14.7. The molecule has 44 heavy (non-hydrogen) atoms. The van der Waals surface area contributed by atoms with Gasteiger partial charge in [-0.15, -0.1) is 6.58 Å². The van der Waals surface area contributed by atoms with Crippen LogP contribution in [-0.2, 0) is 38.5 Å². The smallest absolute Gasteiger partial charge is 0.193 e. The van der Waals surface area contributed by atoms with E-state index in [4.69, 9.17) is 18.6 Å². The minimum atomic E-state index is -1.95. The molecule has 2 bridgehead atoms. The molecule has 5 heteroatoms. The van der Waals surface area contributed by atoms with Gasteiger partial charge < -0.3 is 18.6 Å². The molecule has 2 saturated carbocycles. The van der Waals surface area contributed by atoms with Crippen molar-refractivity contribution in [1.82, 2.24) is 0 Å². The van der Waals surface area contributed by atoms with E-state index in [0.717, 1.165) is 31.0 Å². The minimum Gasteiger partial charge on any atom is -0.407 e. The van der Waals surface area contributed by atoms with E-state index in [1.807, 2.05) is 12.1 Å². The maximum absolute atomic E-state index is 7.51. The number of benzene rings is 3. The number of rotatable bonds is 17. The van der Waals surface area contributed by atoms with Gasteiger partial charge in [-0.1, -0.05) is 118 Å². The normalized spacial score (nSPS) is 22.8. The third kappa shape index (κ3) is 7.19. The number of ether oxygens (including phenoxy) is 3. The zero-order valence-electron chi connectivity index (χ0n) is 26.9. The van der Waals surface area contributed by atoms with Gasteiger partial charge in [-0.2, -0.15) is 0 Å². The van der Waals surface area contributed by atoms with Crippen molar-refractivity contribution in [2.75, 3.05) is 13.2 Å². The Bertz CT molecular complexity index is 1280. The summed E-state index contributed by atoms with van der Waals surface area (Å²) in [5, 5.41) is 0. The molecule has 0 aromatic heterocycles. The van der Waals surface area contributed by atoms with Crippen LogP contribution in [0.25, 0.3) is 0 Å². The third-order valence-electron chi connectivity index (χ3n) is 10.0. The van der Waals surface area contributed by atoms with Crippen LogP contribution >= 0.6 is 0 Å². The first kappa shape index (κ1) is 32.6. The van der Waals surface area contributed by atoms with Crippen molar-refractivity contribution < 1.29 is 18.6 Å². The average molecular weight is 611 g/mol. The molecule has 3 aromatic rings. The van der Waals surface area contributed by atoms with E-state index in [9.17, 15) is 0 Å². The van der Waals surface area contributed by atoms with E-state index in [1.165, 1.54) is 27.8 Å². The zero-order valence-corrected chi connectivity index (χ0v) is 27.9. The molecule has 3 aromatic carbocycles. The van der Waals surface area contributed by atoms with Crippen molar-refractivity contribution in [3.63, 3.8) is 0 Å². The molecule has 2 fully saturated rings. The van der Waals surface area contributed by atoms with Crippen molar-refractivity contribution in [3.05, 3.63) is 131 Å². The van der Waals surface area contributed by atoms with Gasteiger partial charge in [-0.05, 0) is 58.8 Å². The van der Waals surface area contributed by atoms with Crippen LogP contribution in [0.1, 0.15) is 50.3 Å². The van der Waals surface area contributed by atoms with Crippen LogP contribution in [0.3, 0.4) is 0 Å². The Balaban J connectivity index is 1.50. The maximum atomic E-state index is 7.51. The topological polar surface area (TPSA) is 36.9 Å². The molecule has 0 saturated heterocycles. The molecular formula is C39H50O4Si. The molecule has 0 spiro atoms. The van der Waals surface area contributed by atoms with Gasteiger partial charge in [0.2, 0.25) is 0 Å². The summed E-state index contributed by atoms with van der Waals surface area (Å²) in [5.41, 5.74) is 5.61. The van der Waals surface area contributed by atoms with E-state index in [1.54, 1.807) is 0 Å². The van der Waals surface area contributed by atoms with Crippen molar-refractivity contribution in [1.29, 1.82) is 0 Å². The molecule has 0 radical (unpaired) electrons. The molecule has 4 nitrogen and oxygen atoms in total. The fraction of sp³-hybridized carbons (Fsp3) is 0.436. The zero-order chi connectivity index (χ0) is 30.8. The minimum absolute atomic E-state index is 0.0696. The summed E-state index contributed by atoms with van der Waals surface area (Å²) in [7, 11) is -1.95. The van der Waals surface area contributed by atoms with E-state index in [2.05, 4.69) is 112 Å². The Labute approximate surface area is 266 Å². The van der Waals surface area contributed by atoms with Crippen molar-refractivity contribution in [2.45, 2.75) is 83.3 Å². The van der Waals surface area contributed by atoms with Crippen molar-refractivity contribution in [2.24, 2.45) is 11.8 Å². The summed E-state index contributed by atoms with van der Waals surface area (Å²) in [5.74, 6) is 0.427. The molecule has 2 aliphatic rings. The first-order valence-corrected chi connectivity index (χ1v) is 19.1. The van der Waals surface area contributed by atoms with Crippen LogP contribution in [0.15, 0.2) is 115 Å². The highest BCUT2D eigenvalue weighted by molar-refractivity contribution is 6.73. The molecule has 0 unspecified atom stereocenters. The van der Waals surface area contributed by atoms with E-state index in [-0.39, 0.29) is 17.9 Å². The highest BCUT2D eigenvalue weighted by atomic mass is 28.4. The SMILES string of the molecule is C=C[C@@]1(O[Si](CC)(CC)CC)[C@@H]2CC[C@H]1C(=C(COCc1ccccc1)COCc1ccccc1)[C@H]2OCc1ccccc1. The van der Waals surface area contributed by atoms with E-state index < -0.39 is 13.9 Å². The van der Waals surface area contributed by atoms with Gasteiger partial charge in [-0.3, -0.25) is 0 Å². The molecule has 0 aliphatic heterocycles. The fourth-order valence-corrected chi connectivity index (χ4v) is 10.5. The Morgan fingerprint density at radius 3 is 1.66 bits per heavy atom. The molecule has 2 aliphatic carbocycles. The molecule has 0 heterocycles. The highest BCUT2D eigenvalue weighted by Gasteiger charge is 2.63. The summed E-state index contributed by atoms with van der Waals surface area (Å²) >= 11 is 0. The quantitative estimate of drug-likeness (QED) is 0.113.